The number of Topliss-reactive ketones (excluding diaryl/α,β-unsaturated/α-hetero) is 1. The first-order valence-electron chi connectivity index (χ1n) is 8.60. The monoisotopic (exact) mass is 400 g/mol. The molecule has 29 heavy (non-hydrogen) atoms. The zero-order chi connectivity index (χ0) is 21.0. The van der Waals surface area contributed by atoms with Crippen molar-refractivity contribution in [1.29, 1.82) is 10.5 Å². The molecule has 0 spiro atoms. The molecule has 2 aromatic carbocycles. The van der Waals surface area contributed by atoms with E-state index in [0.717, 1.165) is 17.3 Å². The van der Waals surface area contributed by atoms with Crippen LogP contribution in [0, 0.1) is 29.6 Å². The Morgan fingerprint density at radius 3 is 2.28 bits per heavy atom. The second-order valence-electron chi connectivity index (χ2n) is 6.28. The highest BCUT2D eigenvalue weighted by Crippen LogP contribution is 2.36. The fourth-order valence-corrected chi connectivity index (χ4v) is 3.67. The maximum absolute atomic E-state index is 12.5. The van der Waals surface area contributed by atoms with E-state index in [9.17, 15) is 20.4 Å². The molecule has 0 amide bonds. The normalized spacial score (nSPS) is 10.2. The first kappa shape index (κ1) is 19.9. The SMILES string of the molecule is Cc1ccc(C(=O)CSc2nc(N)c(C#N)c(-c3ccc(O)cc3)c2C#N)cc1. The topological polar surface area (TPSA) is 124 Å². The van der Waals surface area contributed by atoms with Gasteiger partial charge in [0.05, 0.1) is 11.3 Å². The van der Waals surface area contributed by atoms with Crippen molar-refractivity contribution in [3.8, 4) is 29.0 Å². The van der Waals surface area contributed by atoms with Gasteiger partial charge in [-0.2, -0.15) is 10.5 Å². The van der Waals surface area contributed by atoms with E-state index >= 15 is 0 Å². The van der Waals surface area contributed by atoms with Crippen LogP contribution in [0.4, 0.5) is 5.82 Å². The van der Waals surface area contributed by atoms with Gasteiger partial charge in [0.15, 0.2) is 5.78 Å². The van der Waals surface area contributed by atoms with Crippen LogP contribution in [-0.4, -0.2) is 21.6 Å². The molecule has 0 unspecified atom stereocenters. The number of carbonyl (C=O) groups is 1. The van der Waals surface area contributed by atoms with E-state index < -0.39 is 0 Å². The quantitative estimate of drug-likeness (QED) is 0.489. The summed E-state index contributed by atoms with van der Waals surface area (Å²) < 4.78 is 0. The smallest absolute Gasteiger partial charge is 0.173 e. The second kappa shape index (κ2) is 8.47. The summed E-state index contributed by atoms with van der Waals surface area (Å²) in [7, 11) is 0. The number of nitriles is 2. The maximum Gasteiger partial charge on any atom is 0.173 e. The fourth-order valence-electron chi connectivity index (χ4n) is 2.78. The Kier molecular flexibility index (Phi) is 5.82. The summed E-state index contributed by atoms with van der Waals surface area (Å²) in [5.74, 6) is 0.0196. The van der Waals surface area contributed by atoms with Crippen LogP contribution in [0.1, 0.15) is 27.0 Å². The van der Waals surface area contributed by atoms with Gasteiger partial charge in [-0.1, -0.05) is 53.7 Å². The third kappa shape index (κ3) is 4.21. The number of thioether (sulfide) groups is 1. The van der Waals surface area contributed by atoms with Crippen molar-refractivity contribution >= 4 is 23.4 Å². The summed E-state index contributed by atoms with van der Waals surface area (Å²) in [4.78, 5) is 16.7. The number of nitrogens with zero attached hydrogens (tertiary/aromatic N) is 3. The Bertz CT molecular complexity index is 1160. The number of anilines is 1. The van der Waals surface area contributed by atoms with Crippen LogP contribution in [0.2, 0.25) is 0 Å². The number of phenols is 1. The molecule has 0 radical (unpaired) electrons. The number of ketones is 1. The average molecular weight is 400 g/mol. The molecule has 6 nitrogen and oxygen atoms in total. The van der Waals surface area contributed by atoms with Crippen molar-refractivity contribution in [2.45, 2.75) is 11.9 Å². The highest BCUT2D eigenvalue weighted by molar-refractivity contribution is 8.00. The van der Waals surface area contributed by atoms with Crippen molar-refractivity contribution in [3.63, 3.8) is 0 Å². The Balaban J connectivity index is 2.00. The summed E-state index contributed by atoms with van der Waals surface area (Å²) >= 11 is 1.10. The minimum absolute atomic E-state index is 0.0140. The van der Waals surface area contributed by atoms with Crippen LogP contribution in [0.15, 0.2) is 53.6 Å². The Hall–Kier alpha value is -3.81. The molecule has 3 rings (SSSR count). The summed E-state index contributed by atoms with van der Waals surface area (Å²) in [6.07, 6.45) is 0. The Morgan fingerprint density at radius 2 is 1.69 bits per heavy atom. The van der Waals surface area contributed by atoms with Crippen LogP contribution in [0.25, 0.3) is 11.1 Å². The molecule has 0 aliphatic heterocycles. The molecule has 0 atom stereocenters. The average Bonchev–Trinajstić information content (AvgIpc) is 2.72. The summed E-state index contributed by atoms with van der Waals surface area (Å²) in [6.45, 7) is 1.94. The molecular formula is C22H16N4O2S. The van der Waals surface area contributed by atoms with Gasteiger partial charge >= 0.3 is 0 Å². The summed E-state index contributed by atoms with van der Waals surface area (Å²) in [5.41, 5.74) is 8.74. The number of pyridine rings is 1. The molecule has 1 heterocycles. The van der Waals surface area contributed by atoms with Gasteiger partial charge in [0.2, 0.25) is 0 Å². The number of phenolic OH excluding ortho intramolecular Hbond substituents is 1. The molecule has 7 heteroatoms. The Morgan fingerprint density at radius 1 is 1.07 bits per heavy atom. The lowest BCUT2D eigenvalue weighted by Crippen LogP contribution is -2.06. The predicted octanol–water partition coefficient (Wildman–Crippen LogP) is 4.06. The molecule has 3 N–H and O–H groups in total. The van der Waals surface area contributed by atoms with Gasteiger partial charge in [-0.3, -0.25) is 4.79 Å². The van der Waals surface area contributed by atoms with Crippen molar-refractivity contribution in [1.82, 2.24) is 4.98 Å². The minimum Gasteiger partial charge on any atom is -0.508 e. The molecule has 1 aromatic heterocycles. The van der Waals surface area contributed by atoms with E-state index in [2.05, 4.69) is 11.1 Å². The van der Waals surface area contributed by atoms with Crippen LogP contribution in [0.5, 0.6) is 5.75 Å². The van der Waals surface area contributed by atoms with Gasteiger partial charge < -0.3 is 10.8 Å². The lowest BCUT2D eigenvalue weighted by molar-refractivity contribution is 0.102. The predicted molar refractivity (Wildman–Crippen MR) is 111 cm³/mol. The number of hydrogen-bond acceptors (Lipinski definition) is 7. The lowest BCUT2D eigenvalue weighted by Gasteiger charge is -2.13. The van der Waals surface area contributed by atoms with E-state index in [1.807, 2.05) is 25.1 Å². The van der Waals surface area contributed by atoms with E-state index in [0.29, 0.717) is 16.7 Å². The minimum atomic E-state index is -0.102. The first-order chi connectivity index (χ1) is 13.9. The number of rotatable bonds is 5. The Labute approximate surface area is 172 Å². The highest BCUT2D eigenvalue weighted by atomic mass is 32.2. The van der Waals surface area contributed by atoms with E-state index in [1.54, 1.807) is 24.3 Å². The van der Waals surface area contributed by atoms with E-state index in [4.69, 9.17) is 5.73 Å². The largest absolute Gasteiger partial charge is 0.508 e. The molecule has 0 fully saturated rings. The molecule has 0 aliphatic carbocycles. The number of carbonyl (C=O) groups excluding carboxylic acids is 1. The van der Waals surface area contributed by atoms with E-state index in [1.165, 1.54) is 12.1 Å². The van der Waals surface area contributed by atoms with Crippen molar-refractivity contribution in [2.75, 3.05) is 11.5 Å². The third-order valence-electron chi connectivity index (χ3n) is 4.29. The number of nitrogen functional groups attached to an aromatic ring is 1. The molecule has 0 bridgehead atoms. The number of aryl methyl sites for hydroxylation is 1. The van der Waals surface area contributed by atoms with Crippen molar-refractivity contribution in [3.05, 3.63) is 70.8 Å². The standard InChI is InChI=1S/C22H16N4O2S/c1-13-2-4-14(5-3-13)19(28)12-29-22-18(11-24)20(17(10-23)21(25)26-22)15-6-8-16(27)9-7-15/h2-9,27H,12H2,1H3,(H2,25,26). The van der Waals surface area contributed by atoms with Crippen LogP contribution in [-0.2, 0) is 0 Å². The third-order valence-corrected chi connectivity index (χ3v) is 5.26. The van der Waals surface area contributed by atoms with Gasteiger partial charge in [0.1, 0.15) is 34.3 Å². The van der Waals surface area contributed by atoms with Gasteiger partial charge in [-0.15, -0.1) is 0 Å². The van der Waals surface area contributed by atoms with Gasteiger partial charge in [0.25, 0.3) is 0 Å². The maximum atomic E-state index is 12.5. The van der Waals surface area contributed by atoms with Crippen LogP contribution in [0.3, 0.4) is 0 Å². The van der Waals surface area contributed by atoms with E-state index in [-0.39, 0.29) is 39.3 Å². The second-order valence-corrected chi connectivity index (χ2v) is 7.24. The number of hydrogen-bond donors (Lipinski definition) is 2. The first-order valence-corrected chi connectivity index (χ1v) is 9.59. The van der Waals surface area contributed by atoms with Gasteiger partial charge in [0, 0.05) is 11.1 Å². The number of aromatic nitrogens is 1. The lowest BCUT2D eigenvalue weighted by atomic mass is 9.97. The summed E-state index contributed by atoms with van der Waals surface area (Å²) in [5, 5.41) is 29.1. The molecular weight excluding hydrogens is 384 g/mol. The van der Waals surface area contributed by atoms with Crippen LogP contribution < -0.4 is 5.73 Å². The zero-order valence-electron chi connectivity index (χ0n) is 15.5. The number of aromatic hydroxyl groups is 1. The molecule has 0 aliphatic rings. The van der Waals surface area contributed by atoms with Crippen LogP contribution >= 0.6 is 11.8 Å². The molecule has 142 valence electrons. The van der Waals surface area contributed by atoms with Gasteiger partial charge in [-0.05, 0) is 24.6 Å². The highest BCUT2D eigenvalue weighted by Gasteiger charge is 2.21. The van der Waals surface area contributed by atoms with Crippen molar-refractivity contribution in [2.24, 2.45) is 0 Å². The molecule has 0 saturated heterocycles. The van der Waals surface area contributed by atoms with Gasteiger partial charge in [-0.25, -0.2) is 4.98 Å². The zero-order valence-corrected chi connectivity index (χ0v) is 16.3. The summed E-state index contributed by atoms with van der Waals surface area (Å²) in [6, 6.07) is 17.4. The number of benzene rings is 2. The number of nitrogens with two attached hydrogens (primary N) is 1. The molecule has 0 saturated carbocycles. The van der Waals surface area contributed by atoms with Crippen molar-refractivity contribution < 1.29 is 9.90 Å². The molecule has 3 aromatic rings. The fraction of sp³-hybridized carbons (Fsp3) is 0.0909.